The highest BCUT2D eigenvalue weighted by Gasteiger charge is 2.04. The van der Waals surface area contributed by atoms with E-state index in [2.05, 4.69) is 0 Å². The van der Waals surface area contributed by atoms with Crippen LogP contribution in [0, 0.1) is 6.92 Å². The van der Waals surface area contributed by atoms with Crippen molar-refractivity contribution in [1.29, 1.82) is 0 Å². The number of esters is 1. The van der Waals surface area contributed by atoms with Crippen LogP contribution in [0.3, 0.4) is 0 Å². The first-order valence-corrected chi connectivity index (χ1v) is 5.97. The van der Waals surface area contributed by atoms with Crippen LogP contribution in [0.15, 0.2) is 24.3 Å². The Hall–Kier alpha value is -1.51. The van der Waals surface area contributed by atoms with E-state index >= 15 is 0 Å². The molecule has 0 aliphatic carbocycles. The molecule has 0 heterocycles. The van der Waals surface area contributed by atoms with Gasteiger partial charge in [0.1, 0.15) is 5.75 Å². The average molecular weight is 236 g/mol. The average Bonchev–Trinajstić information content (AvgIpc) is 2.26. The summed E-state index contributed by atoms with van der Waals surface area (Å²) in [5, 5.41) is 0. The van der Waals surface area contributed by atoms with Gasteiger partial charge in [0.2, 0.25) is 0 Å². The van der Waals surface area contributed by atoms with Crippen LogP contribution in [-0.2, 0) is 9.53 Å². The fourth-order valence-corrected chi connectivity index (χ4v) is 1.36. The molecule has 94 valence electrons. The van der Waals surface area contributed by atoms with E-state index < -0.39 is 0 Å². The van der Waals surface area contributed by atoms with Crippen LogP contribution in [0.25, 0.3) is 0 Å². The van der Waals surface area contributed by atoms with Crippen molar-refractivity contribution in [2.45, 2.75) is 39.7 Å². The van der Waals surface area contributed by atoms with Crippen molar-refractivity contribution in [3.63, 3.8) is 0 Å². The minimum atomic E-state index is -0.160. The SMILES string of the molecule is Cc1ccc(OCCCC(=O)OC(C)C)cc1. The van der Waals surface area contributed by atoms with Crippen LogP contribution in [0.4, 0.5) is 0 Å². The van der Waals surface area contributed by atoms with E-state index in [1.54, 1.807) is 0 Å². The molecule has 0 saturated carbocycles. The first-order valence-electron chi connectivity index (χ1n) is 5.97. The minimum absolute atomic E-state index is 0.0412. The lowest BCUT2D eigenvalue weighted by Gasteiger charge is -2.08. The predicted molar refractivity (Wildman–Crippen MR) is 67.1 cm³/mol. The van der Waals surface area contributed by atoms with Crippen molar-refractivity contribution in [2.24, 2.45) is 0 Å². The molecule has 0 radical (unpaired) electrons. The Bertz CT molecular complexity index is 341. The van der Waals surface area contributed by atoms with E-state index in [0.717, 1.165) is 5.75 Å². The molecule has 0 aliphatic heterocycles. The number of hydrogen-bond donors (Lipinski definition) is 0. The molecule has 1 aromatic rings. The molecule has 0 N–H and O–H groups in total. The van der Waals surface area contributed by atoms with Gasteiger partial charge < -0.3 is 9.47 Å². The lowest BCUT2D eigenvalue weighted by Crippen LogP contribution is -2.12. The van der Waals surface area contributed by atoms with Gasteiger partial charge in [-0.25, -0.2) is 0 Å². The molecule has 0 aromatic heterocycles. The lowest BCUT2D eigenvalue weighted by molar-refractivity contribution is -0.147. The Morgan fingerprint density at radius 1 is 1.24 bits per heavy atom. The summed E-state index contributed by atoms with van der Waals surface area (Å²) in [6.07, 6.45) is 1.05. The van der Waals surface area contributed by atoms with E-state index in [0.29, 0.717) is 19.4 Å². The lowest BCUT2D eigenvalue weighted by atomic mass is 10.2. The van der Waals surface area contributed by atoms with Crippen LogP contribution in [0.5, 0.6) is 5.75 Å². The second kappa shape index (κ2) is 6.94. The molecule has 1 rings (SSSR count). The highest BCUT2D eigenvalue weighted by molar-refractivity contribution is 5.69. The van der Waals surface area contributed by atoms with E-state index in [9.17, 15) is 4.79 Å². The number of rotatable bonds is 6. The summed E-state index contributed by atoms with van der Waals surface area (Å²) in [5.74, 6) is 0.681. The molecule has 3 heteroatoms. The molecular weight excluding hydrogens is 216 g/mol. The molecule has 0 fully saturated rings. The van der Waals surface area contributed by atoms with Crippen LogP contribution < -0.4 is 4.74 Å². The Morgan fingerprint density at radius 2 is 1.88 bits per heavy atom. The summed E-state index contributed by atoms with van der Waals surface area (Å²) in [6, 6.07) is 7.87. The molecule has 0 unspecified atom stereocenters. The fraction of sp³-hybridized carbons (Fsp3) is 0.500. The topological polar surface area (TPSA) is 35.5 Å². The van der Waals surface area contributed by atoms with Crippen molar-refractivity contribution in [3.8, 4) is 5.75 Å². The quantitative estimate of drug-likeness (QED) is 0.562. The number of carbonyl (C=O) groups is 1. The highest BCUT2D eigenvalue weighted by Crippen LogP contribution is 2.11. The van der Waals surface area contributed by atoms with Gasteiger partial charge >= 0.3 is 5.97 Å². The fourth-order valence-electron chi connectivity index (χ4n) is 1.36. The molecular formula is C14H20O3. The minimum Gasteiger partial charge on any atom is -0.494 e. The number of ether oxygens (including phenoxy) is 2. The molecule has 0 bridgehead atoms. The number of hydrogen-bond acceptors (Lipinski definition) is 3. The maximum Gasteiger partial charge on any atom is 0.306 e. The molecule has 0 aliphatic rings. The Morgan fingerprint density at radius 3 is 2.47 bits per heavy atom. The van der Waals surface area contributed by atoms with Crippen molar-refractivity contribution in [1.82, 2.24) is 0 Å². The molecule has 1 aromatic carbocycles. The standard InChI is InChI=1S/C14H20O3/c1-11(2)17-14(15)5-4-10-16-13-8-6-12(3)7-9-13/h6-9,11H,4-5,10H2,1-3H3. The van der Waals surface area contributed by atoms with Gasteiger partial charge in [0.15, 0.2) is 0 Å². The summed E-state index contributed by atoms with van der Waals surface area (Å²) in [5.41, 5.74) is 1.21. The van der Waals surface area contributed by atoms with Crippen LogP contribution in [0.2, 0.25) is 0 Å². The van der Waals surface area contributed by atoms with Crippen molar-refractivity contribution >= 4 is 5.97 Å². The third kappa shape index (κ3) is 5.95. The maximum atomic E-state index is 11.2. The number of carbonyl (C=O) groups excluding carboxylic acids is 1. The molecule has 3 nitrogen and oxygen atoms in total. The van der Waals surface area contributed by atoms with Crippen LogP contribution >= 0.6 is 0 Å². The van der Waals surface area contributed by atoms with E-state index in [4.69, 9.17) is 9.47 Å². The van der Waals surface area contributed by atoms with E-state index in [-0.39, 0.29) is 12.1 Å². The molecule has 0 saturated heterocycles. The first kappa shape index (κ1) is 13.6. The highest BCUT2D eigenvalue weighted by atomic mass is 16.5. The van der Waals surface area contributed by atoms with Gasteiger partial charge in [-0.15, -0.1) is 0 Å². The third-order valence-corrected chi connectivity index (χ3v) is 2.18. The normalized spacial score (nSPS) is 10.4. The summed E-state index contributed by atoms with van der Waals surface area (Å²) in [4.78, 5) is 11.2. The van der Waals surface area contributed by atoms with Gasteiger partial charge in [-0.3, -0.25) is 4.79 Å². The second-order valence-electron chi connectivity index (χ2n) is 4.30. The zero-order chi connectivity index (χ0) is 12.7. The Kier molecular flexibility index (Phi) is 5.53. The maximum absolute atomic E-state index is 11.2. The van der Waals surface area contributed by atoms with Gasteiger partial charge in [0, 0.05) is 6.42 Å². The molecule has 0 atom stereocenters. The zero-order valence-corrected chi connectivity index (χ0v) is 10.7. The smallest absolute Gasteiger partial charge is 0.306 e. The van der Waals surface area contributed by atoms with Crippen molar-refractivity contribution < 1.29 is 14.3 Å². The van der Waals surface area contributed by atoms with Gasteiger partial charge in [0.25, 0.3) is 0 Å². The summed E-state index contributed by atoms with van der Waals surface area (Å²) in [6.45, 7) is 6.27. The van der Waals surface area contributed by atoms with Crippen LogP contribution in [0.1, 0.15) is 32.3 Å². The molecule has 17 heavy (non-hydrogen) atoms. The van der Waals surface area contributed by atoms with Gasteiger partial charge in [-0.1, -0.05) is 17.7 Å². The van der Waals surface area contributed by atoms with E-state index in [1.807, 2.05) is 45.0 Å². The first-order chi connectivity index (χ1) is 8.08. The summed E-state index contributed by atoms with van der Waals surface area (Å²) in [7, 11) is 0. The largest absolute Gasteiger partial charge is 0.494 e. The predicted octanol–water partition coefficient (Wildman–Crippen LogP) is 3.11. The Balaban J connectivity index is 2.16. The monoisotopic (exact) mass is 236 g/mol. The second-order valence-corrected chi connectivity index (χ2v) is 4.30. The molecule has 0 spiro atoms. The third-order valence-electron chi connectivity index (χ3n) is 2.18. The van der Waals surface area contributed by atoms with E-state index in [1.165, 1.54) is 5.56 Å². The number of aryl methyl sites for hydroxylation is 1. The van der Waals surface area contributed by atoms with Gasteiger partial charge in [0.05, 0.1) is 12.7 Å². The number of benzene rings is 1. The van der Waals surface area contributed by atoms with Gasteiger partial charge in [-0.2, -0.15) is 0 Å². The van der Waals surface area contributed by atoms with Crippen molar-refractivity contribution in [2.75, 3.05) is 6.61 Å². The summed E-state index contributed by atoms with van der Waals surface area (Å²) < 4.78 is 10.5. The summed E-state index contributed by atoms with van der Waals surface area (Å²) >= 11 is 0. The molecule has 0 amide bonds. The van der Waals surface area contributed by atoms with Crippen LogP contribution in [-0.4, -0.2) is 18.7 Å². The van der Waals surface area contributed by atoms with Gasteiger partial charge in [-0.05, 0) is 39.3 Å². The van der Waals surface area contributed by atoms with Crippen molar-refractivity contribution in [3.05, 3.63) is 29.8 Å². The zero-order valence-electron chi connectivity index (χ0n) is 10.7. The Labute approximate surface area is 103 Å².